The summed E-state index contributed by atoms with van der Waals surface area (Å²) in [6.45, 7) is 5.80. The molecule has 1 heterocycles. The molecular formula is C14H25N3O. The van der Waals surface area contributed by atoms with Crippen LogP contribution in [-0.4, -0.2) is 27.5 Å². The van der Waals surface area contributed by atoms with E-state index in [2.05, 4.69) is 24.3 Å². The summed E-state index contributed by atoms with van der Waals surface area (Å²) < 4.78 is 1.91. The Balaban J connectivity index is 1.95. The van der Waals surface area contributed by atoms with Crippen LogP contribution in [0, 0.1) is 13.8 Å². The molecule has 4 nitrogen and oxygen atoms in total. The number of rotatable bonds is 5. The number of nitrogens with zero attached hydrogens (tertiary/aromatic N) is 2. The van der Waals surface area contributed by atoms with Gasteiger partial charge in [0.25, 0.3) is 0 Å². The molecule has 4 heteroatoms. The van der Waals surface area contributed by atoms with Crippen LogP contribution in [0.25, 0.3) is 0 Å². The third-order valence-corrected chi connectivity index (χ3v) is 4.02. The fraction of sp³-hybridized carbons (Fsp3) is 0.786. The highest BCUT2D eigenvalue weighted by atomic mass is 16.3. The lowest BCUT2D eigenvalue weighted by Crippen LogP contribution is -2.30. The lowest BCUT2D eigenvalue weighted by Gasteiger charge is -2.22. The summed E-state index contributed by atoms with van der Waals surface area (Å²) in [5.74, 6) is 0. The molecular weight excluding hydrogens is 226 g/mol. The summed E-state index contributed by atoms with van der Waals surface area (Å²) >= 11 is 0. The molecule has 0 spiro atoms. The predicted molar refractivity (Wildman–Crippen MR) is 72.5 cm³/mol. The number of aromatic nitrogens is 2. The Hall–Kier alpha value is -0.870. The molecule has 0 aromatic carbocycles. The maximum absolute atomic E-state index is 9.00. The third kappa shape index (κ3) is 3.12. The minimum Gasteiger partial charge on any atom is -0.394 e. The smallest absolute Gasteiger partial charge is 0.0644 e. The van der Waals surface area contributed by atoms with Crippen molar-refractivity contribution in [2.24, 2.45) is 0 Å². The number of aliphatic hydroxyl groups excluding tert-OH is 1. The van der Waals surface area contributed by atoms with Crippen molar-refractivity contribution in [3.05, 3.63) is 17.0 Å². The minimum atomic E-state index is 0.150. The number of hydrogen-bond acceptors (Lipinski definition) is 3. The lowest BCUT2D eigenvalue weighted by atomic mass is 9.95. The molecule has 2 N–H and O–H groups in total. The maximum atomic E-state index is 9.00. The molecule has 1 aliphatic rings. The zero-order valence-corrected chi connectivity index (χ0v) is 11.6. The summed E-state index contributed by atoms with van der Waals surface area (Å²) in [4.78, 5) is 0. The van der Waals surface area contributed by atoms with Gasteiger partial charge in [-0.2, -0.15) is 5.10 Å². The van der Waals surface area contributed by atoms with Crippen LogP contribution in [-0.2, 0) is 13.1 Å². The molecule has 0 atom stereocenters. The molecule has 0 amide bonds. The Morgan fingerprint density at radius 2 is 2.00 bits per heavy atom. The first kappa shape index (κ1) is 13.6. The molecule has 1 saturated carbocycles. The molecule has 1 fully saturated rings. The van der Waals surface area contributed by atoms with E-state index in [1.54, 1.807) is 0 Å². The van der Waals surface area contributed by atoms with Crippen molar-refractivity contribution in [2.45, 2.75) is 65.1 Å². The highest BCUT2D eigenvalue weighted by Gasteiger charge is 2.15. The summed E-state index contributed by atoms with van der Waals surface area (Å²) in [6, 6.07) is 0.679. The van der Waals surface area contributed by atoms with E-state index in [0.717, 1.165) is 12.2 Å². The average Bonchev–Trinajstić information content (AvgIpc) is 2.64. The van der Waals surface area contributed by atoms with E-state index in [1.165, 1.54) is 43.4 Å². The van der Waals surface area contributed by atoms with Gasteiger partial charge in [0.05, 0.1) is 18.8 Å². The second kappa shape index (κ2) is 6.34. The van der Waals surface area contributed by atoms with Gasteiger partial charge >= 0.3 is 0 Å². The first-order valence-electron chi connectivity index (χ1n) is 7.09. The van der Waals surface area contributed by atoms with E-state index in [-0.39, 0.29) is 6.61 Å². The molecule has 0 saturated heterocycles. The Morgan fingerprint density at radius 3 is 2.67 bits per heavy atom. The molecule has 0 unspecified atom stereocenters. The standard InChI is InChI=1S/C14H25N3O/c1-11-14(12(2)17(16-11)8-9-18)10-15-13-6-4-3-5-7-13/h13,15,18H,3-10H2,1-2H3. The van der Waals surface area contributed by atoms with Crippen LogP contribution in [0.15, 0.2) is 0 Å². The minimum absolute atomic E-state index is 0.150. The van der Waals surface area contributed by atoms with Gasteiger partial charge in [-0.15, -0.1) is 0 Å². The van der Waals surface area contributed by atoms with Crippen molar-refractivity contribution in [3.8, 4) is 0 Å². The number of aliphatic hydroxyl groups is 1. The lowest BCUT2D eigenvalue weighted by molar-refractivity contribution is 0.267. The zero-order valence-electron chi connectivity index (χ0n) is 11.6. The maximum Gasteiger partial charge on any atom is 0.0644 e. The Bertz CT molecular complexity index is 381. The van der Waals surface area contributed by atoms with Crippen molar-refractivity contribution in [2.75, 3.05) is 6.61 Å². The van der Waals surface area contributed by atoms with E-state index in [9.17, 15) is 0 Å². The zero-order chi connectivity index (χ0) is 13.0. The quantitative estimate of drug-likeness (QED) is 0.840. The van der Waals surface area contributed by atoms with Crippen molar-refractivity contribution in [3.63, 3.8) is 0 Å². The molecule has 1 aromatic heterocycles. The Kier molecular flexibility index (Phi) is 4.78. The topological polar surface area (TPSA) is 50.1 Å². The van der Waals surface area contributed by atoms with Gasteiger partial charge < -0.3 is 10.4 Å². The fourth-order valence-electron chi connectivity index (χ4n) is 2.86. The van der Waals surface area contributed by atoms with Gasteiger partial charge in [0.15, 0.2) is 0 Å². The van der Waals surface area contributed by atoms with Crippen LogP contribution < -0.4 is 5.32 Å². The van der Waals surface area contributed by atoms with E-state index >= 15 is 0 Å². The van der Waals surface area contributed by atoms with Gasteiger partial charge in [0.1, 0.15) is 0 Å². The monoisotopic (exact) mass is 251 g/mol. The number of aryl methyl sites for hydroxylation is 1. The van der Waals surface area contributed by atoms with Gasteiger partial charge in [0.2, 0.25) is 0 Å². The molecule has 1 aromatic rings. The second-order valence-corrected chi connectivity index (χ2v) is 5.31. The van der Waals surface area contributed by atoms with E-state index in [0.29, 0.717) is 12.6 Å². The van der Waals surface area contributed by atoms with Gasteiger partial charge in [-0.3, -0.25) is 4.68 Å². The molecule has 0 bridgehead atoms. The van der Waals surface area contributed by atoms with Crippen LogP contribution in [0.2, 0.25) is 0 Å². The van der Waals surface area contributed by atoms with Crippen LogP contribution >= 0.6 is 0 Å². The highest BCUT2D eigenvalue weighted by Crippen LogP contribution is 2.19. The van der Waals surface area contributed by atoms with Crippen LogP contribution in [0.4, 0.5) is 0 Å². The first-order chi connectivity index (χ1) is 8.72. The van der Waals surface area contributed by atoms with Crippen molar-refractivity contribution < 1.29 is 5.11 Å². The van der Waals surface area contributed by atoms with Crippen molar-refractivity contribution in [1.29, 1.82) is 0 Å². The van der Waals surface area contributed by atoms with Crippen molar-refractivity contribution in [1.82, 2.24) is 15.1 Å². The molecule has 102 valence electrons. The van der Waals surface area contributed by atoms with E-state index in [1.807, 2.05) is 4.68 Å². The highest BCUT2D eigenvalue weighted by molar-refractivity contribution is 5.24. The molecule has 2 rings (SSSR count). The normalized spacial score (nSPS) is 17.3. The SMILES string of the molecule is Cc1nn(CCO)c(C)c1CNC1CCCCC1. The summed E-state index contributed by atoms with van der Waals surface area (Å²) in [6.07, 6.45) is 6.73. The summed E-state index contributed by atoms with van der Waals surface area (Å²) in [7, 11) is 0. The first-order valence-corrected chi connectivity index (χ1v) is 7.09. The van der Waals surface area contributed by atoms with Crippen molar-refractivity contribution >= 4 is 0 Å². The summed E-state index contributed by atoms with van der Waals surface area (Å²) in [5.41, 5.74) is 3.57. The Labute approximate surface area is 109 Å². The van der Waals surface area contributed by atoms with E-state index in [4.69, 9.17) is 5.11 Å². The molecule has 1 aliphatic carbocycles. The largest absolute Gasteiger partial charge is 0.394 e. The van der Waals surface area contributed by atoms with Crippen LogP contribution in [0.1, 0.15) is 49.1 Å². The second-order valence-electron chi connectivity index (χ2n) is 5.31. The van der Waals surface area contributed by atoms with E-state index < -0.39 is 0 Å². The van der Waals surface area contributed by atoms with Crippen LogP contribution in [0.3, 0.4) is 0 Å². The van der Waals surface area contributed by atoms with Gasteiger partial charge in [-0.05, 0) is 26.7 Å². The average molecular weight is 251 g/mol. The summed E-state index contributed by atoms with van der Waals surface area (Å²) in [5, 5.41) is 17.1. The fourth-order valence-corrected chi connectivity index (χ4v) is 2.86. The molecule has 0 aliphatic heterocycles. The molecule has 18 heavy (non-hydrogen) atoms. The number of nitrogens with one attached hydrogen (secondary N) is 1. The van der Waals surface area contributed by atoms with Gasteiger partial charge in [-0.1, -0.05) is 19.3 Å². The third-order valence-electron chi connectivity index (χ3n) is 4.02. The van der Waals surface area contributed by atoms with Gasteiger partial charge in [0, 0.05) is 23.8 Å². The number of hydrogen-bond donors (Lipinski definition) is 2. The van der Waals surface area contributed by atoms with Gasteiger partial charge in [-0.25, -0.2) is 0 Å². The molecule has 0 radical (unpaired) electrons. The Morgan fingerprint density at radius 1 is 1.28 bits per heavy atom. The predicted octanol–water partition coefficient (Wildman–Crippen LogP) is 1.91. The van der Waals surface area contributed by atoms with Crippen LogP contribution in [0.5, 0.6) is 0 Å².